The van der Waals surface area contributed by atoms with E-state index in [0.717, 1.165) is 12.1 Å². The maximum Gasteiger partial charge on any atom is 0.455 e. The molecule has 1 N–H and O–H groups in total. The number of para-hydroxylation sites is 1. The number of nitriles is 1. The summed E-state index contributed by atoms with van der Waals surface area (Å²) in [6, 6.07) is 11.9. The predicted octanol–water partition coefficient (Wildman–Crippen LogP) is 4.02. The number of anilines is 1. The lowest BCUT2D eigenvalue weighted by molar-refractivity contribution is -0.162. The van der Waals surface area contributed by atoms with Gasteiger partial charge < -0.3 is 4.74 Å². The molecule has 25 heavy (non-hydrogen) atoms. The summed E-state index contributed by atoms with van der Waals surface area (Å²) in [5.41, 5.74) is 1.49. The first-order valence-corrected chi connectivity index (χ1v) is 6.68. The zero-order valence-electron chi connectivity index (χ0n) is 12.3. The Hall–Kier alpha value is -3.41. The second-order valence-electron chi connectivity index (χ2n) is 4.59. The number of ether oxygens (including phenoxy) is 1. The molecule has 0 unspecified atom stereocenters. The summed E-state index contributed by atoms with van der Waals surface area (Å²) < 4.78 is 55.5. The third kappa shape index (κ3) is 4.78. The van der Waals surface area contributed by atoms with Crippen molar-refractivity contribution in [2.75, 3.05) is 5.43 Å². The minimum absolute atomic E-state index is 0.0185. The molecular formula is C16H9F4N3O2. The van der Waals surface area contributed by atoms with Gasteiger partial charge in [0.25, 0.3) is 5.78 Å². The fourth-order valence-corrected chi connectivity index (χ4v) is 1.66. The van der Waals surface area contributed by atoms with E-state index in [2.05, 4.69) is 5.10 Å². The van der Waals surface area contributed by atoms with Gasteiger partial charge in [-0.05, 0) is 18.2 Å². The van der Waals surface area contributed by atoms with Gasteiger partial charge in [-0.3, -0.25) is 10.2 Å². The quantitative estimate of drug-likeness (QED) is 0.502. The van der Waals surface area contributed by atoms with Crippen LogP contribution in [0.4, 0.5) is 23.2 Å². The summed E-state index contributed by atoms with van der Waals surface area (Å²) in [6.07, 6.45) is -5.09. The Morgan fingerprint density at radius 1 is 1.24 bits per heavy atom. The third-order valence-electron chi connectivity index (χ3n) is 2.81. The standard InChI is InChI=1S/C16H9F4N3O2/c17-12-6-10(8-21)14(25-11-4-2-1-3-5-11)7-13(12)23-22-9-15(24)16(18,19)20/h1-7,9,23H. The van der Waals surface area contributed by atoms with Crippen LogP contribution in [0.5, 0.6) is 11.5 Å². The largest absolute Gasteiger partial charge is 0.456 e. The van der Waals surface area contributed by atoms with Crippen molar-refractivity contribution in [3.8, 4) is 17.6 Å². The van der Waals surface area contributed by atoms with Crippen LogP contribution >= 0.6 is 0 Å². The highest BCUT2D eigenvalue weighted by atomic mass is 19.4. The molecule has 0 saturated heterocycles. The van der Waals surface area contributed by atoms with Crippen LogP contribution in [0, 0.1) is 17.1 Å². The number of halogens is 4. The van der Waals surface area contributed by atoms with E-state index in [9.17, 15) is 22.4 Å². The number of hydrogen-bond acceptors (Lipinski definition) is 5. The summed E-state index contributed by atoms with van der Waals surface area (Å²) >= 11 is 0. The first kappa shape index (κ1) is 17.9. The number of benzene rings is 2. The number of hydrogen-bond donors (Lipinski definition) is 1. The molecule has 0 saturated carbocycles. The number of Topliss-reactive ketones (excluding diaryl/α,β-unsaturated/α-hetero) is 1. The van der Waals surface area contributed by atoms with Crippen molar-refractivity contribution in [2.45, 2.75) is 6.18 Å². The van der Waals surface area contributed by atoms with Crippen molar-refractivity contribution in [1.82, 2.24) is 0 Å². The fraction of sp³-hybridized carbons (Fsp3) is 0.0625. The lowest BCUT2D eigenvalue weighted by Crippen LogP contribution is -2.24. The number of alkyl halides is 3. The molecule has 0 aliphatic carbocycles. The topological polar surface area (TPSA) is 74.5 Å². The number of hydrazone groups is 1. The molecule has 0 heterocycles. The van der Waals surface area contributed by atoms with Crippen LogP contribution in [0.2, 0.25) is 0 Å². The van der Waals surface area contributed by atoms with Gasteiger partial charge in [-0.15, -0.1) is 0 Å². The highest BCUT2D eigenvalue weighted by molar-refractivity contribution is 6.30. The van der Waals surface area contributed by atoms with Crippen molar-refractivity contribution < 1.29 is 27.1 Å². The summed E-state index contributed by atoms with van der Waals surface area (Å²) in [7, 11) is 0. The Kier molecular flexibility index (Phi) is 5.34. The van der Waals surface area contributed by atoms with Gasteiger partial charge in [-0.1, -0.05) is 18.2 Å². The number of carbonyl (C=O) groups excluding carboxylic acids is 1. The van der Waals surface area contributed by atoms with E-state index in [1.165, 1.54) is 0 Å². The maximum absolute atomic E-state index is 13.9. The monoisotopic (exact) mass is 351 g/mol. The van der Waals surface area contributed by atoms with E-state index in [1.807, 2.05) is 5.43 Å². The van der Waals surface area contributed by atoms with Crippen molar-refractivity contribution in [2.24, 2.45) is 5.10 Å². The minimum Gasteiger partial charge on any atom is -0.456 e. The smallest absolute Gasteiger partial charge is 0.455 e. The molecule has 2 aromatic rings. The first-order valence-electron chi connectivity index (χ1n) is 6.68. The Bertz CT molecular complexity index is 843. The average molecular weight is 351 g/mol. The number of ketones is 1. The van der Waals surface area contributed by atoms with Crippen molar-refractivity contribution in [3.63, 3.8) is 0 Å². The SMILES string of the molecule is N#Cc1cc(F)c(NN=CC(=O)C(F)(F)F)cc1Oc1ccccc1. The van der Waals surface area contributed by atoms with Crippen LogP contribution in [-0.2, 0) is 4.79 Å². The lowest BCUT2D eigenvalue weighted by Gasteiger charge is -2.10. The predicted molar refractivity (Wildman–Crippen MR) is 80.8 cm³/mol. The molecule has 128 valence electrons. The Balaban J connectivity index is 2.25. The molecule has 0 aliphatic heterocycles. The van der Waals surface area contributed by atoms with Gasteiger partial charge in [-0.25, -0.2) is 4.39 Å². The van der Waals surface area contributed by atoms with E-state index < -0.39 is 17.8 Å². The molecule has 2 aromatic carbocycles. The van der Waals surface area contributed by atoms with Crippen molar-refractivity contribution in [1.29, 1.82) is 5.26 Å². The van der Waals surface area contributed by atoms with Crippen LogP contribution < -0.4 is 10.2 Å². The van der Waals surface area contributed by atoms with E-state index in [-0.39, 0.29) is 23.2 Å². The zero-order valence-corrected chi connectivity index (χ0v) is 12.3. The molecule has 9 heteroatoms. The molecule has 0 radical (unpaired) electrons. The fourth-order valence-electron chi connectivity index (χ4n) is 1.66. The maximum atomic E-state index is 13.9. The first-order chi connectivity index (χ1) is 11.8. The highest BCUT2D eigenvalue weighted by Gasteiger charge is 2.36. The second kappa shape index (κ2) is 7.44. The molecule has 0 aromatic heterocycles. The molecular weight excluding hydrogens is 342 g/mol. The molecule has 5 nitrogen and oxygen atoms in total. The molecule has 0 amide bonds. The van der Waals surface area contributed by atoms with Crippen LogP contribution in [0.15, 0.2) is 47.6 Å². The lowest BCUT2D eigenvalue weighted by atomic mass is 10.2. The third-order valence-corrected chi connectivity index (χ3v) is 2.81. The zero-order chi connectivity index (χ0) is 18.4. The molecule has 0 atom stereocenters. The van der Waals surface area contributed by atoms with E-state index in [4.69, 9.17) is 10.00 Å². The summed E-state index contributed by atoms with van der Waals surface area (Å²) in [5, 5.41) is 12.1. The van der Waals surface area contributed by atoms with Gasteiger partial charge >= 0.3 is 6.18 Å². The molecule has 0 spiro atoms. The average Bonchev–Trinajstić information content (AvgIpc) is 2.57. The number of nitrogens with one attached hydrogen (secondary N) is 1. The van der Waals surface area contributed by atoms with E-state index >= 15 is 0 Å². The Morgan fingerprint density at radius 3 is 2.52 bits per heavy atom. The van der Waals surface area contributed by atoms with E-state index in [1.54, 1.807) is 36.4 Å². The number of carbonyl (C=O) groups is 1. The van der Waals surface area contributed by atoms with Gasteiger partial charge in [0, 0.05) is 6.07 Å². The van der Waals surface area contributed by atoms with Crippen LogP contribution in [0.3, 0.4) is 0 Å². The summed E-state index contributed by atoms with van der Waals surface area (Å²) in [5.74, 6) is -2.81. The van der Waals surface area contributed by atoms with Crippen molar-refractivity contribution >= 4 is 17.7 Å². The van der Waals surface area contributed by atoms with E-state index in [0.29, 0.717) is 5.75 Å². The van der Waals surface area contributed by atoms with Crippen LogP contribution in [0.1, 0.15) is 5.56 Å². The van der Waals surface area contributed by atoms with Crippen LogP contribution in [0.25, 0.3) is 0 Å². The van der Waals surface area contributed by atoms with Crippen molar-refractivity contribution in [3.05, 3.63) is 53.8 Å². The highest BCUT2D eigenvalue weighted by Crippen LogP contribution is 2.30. The van der Waals surface area contributed by atoms with Gasteiger partial charge in [0.1, 0.15) is 23.4 Å². The Labute approximate surface area is 139 Å². The van der Waals surface area contributed by atoms with Gasteiger partial charge in [0.05, 0.1) is 17.5 Å². The molecule has 0 fully saturated rings. The molecule has 0 bridgehead atoms. The summed E-state index contributed by atoms with van der Waals surface area (Å²) in [4.78, 5) is 10.7. The second-order valence-corrected chi connectivity index (χ2v) is 4.59. The summed E-state index contributed by atoms with van der Waals surface area (Å²) in [6.45, 7) is 0. The van der Waals surface area contributed by atoms with Gasteiger partial charge in [-0.2, -0.15) is 23.5 Å². The van der Waals surface area contributed by atoms with Crippen LogP contribution in [-0.4, -0.2) is 18.2 Å². The normalized spacial score (nSPS) is 11.2. The van der Waals surface area contributed by atoms with Gasteiger partial charge in [0.15, 0.2) is 0 Å². The van der Waals surface area contributed by atoms with Gasteiger partial charge in [0.2, 0.25) is 0 Å². The molecule has 2 rings (SSSR count). The Morgan fingerprint density at radius 2 is 1.92 bits per heavy atom. The molecule has 0 aliphatic rings. The minimum atomic E-state index is -5.07. The number of rotatable bonds is 5. The number of nitrogens with zero attached hydrogens (tertiary/aromatic N) is 2.